The first-order valence-corrected chi connectivity index (χ1v) is 3.17. The molecule has 0 radical (unpaired) electrons. The number of aryl methyl sites for hydroxylation is 1. The van der Waals surface area contributed by atoms with Gasteiger partial charge in [-0.3, -0.25) is 4.79 Å². The molecule has 1 heterocycles. The van der Waals surface area contributed by atoms with Crippen LogP contribution in [0.4, 0.5) is 5.69 Å². The lowest BCUT2D eigenvalue weighted by molar-refractivity contribution is 0.976. The Kier molecular flexibility index (Phi) is 2.06. The van der Waals surface area contributed by atoms with E-state index in [2.05, 4.69) is 22.1 Å². The fourth-order valence-electron chi connectivity index (χ4n) is 0.769. The van der Waals surface area contributed by atoms with E-state index in [4.69, 9.17) is 0 Å². The largest absolute Gasteiger partial charge is 0.358 e. The summed E-state index contributed by atoms with van der Waals surface area (Å²) in [5.74, 6) is 0. The van der Waals surface area contributed by atoms with Crippen molar-refractivity contribution in [2.24, 2.45) is 0 Å². The minimum atomic E-state index is -0.232. The minimum Gasteiger partial charge on any atom is -0.358 e. The van der Waals surface area contributed by atoms with Crippen LogP contribution in [0.1, 0.15) is 5.56 Å². The first-order valence-electron chi connectivity index (χ1n) is 3.17. The average molecular weight is 151 g/mol. The monoisotopic (exact) mass is 151 g/mol. The summed E-state index contributed by atoms with van der Waals surface area (Å²) in [6.45, 7) is 5.25. The Labute approximate surface area is 64.0 Å². The lowest BCUT2D eigenvalue weighted by Gasteiger charge is -2.00. The Bertz CT molecular complexity index is 316. The molecule has 0 fully saturated rings. The van der Waals surface area contributed by atoms with Gasteiger partial charge in [0, 0.05) is 0 Å². The minimum absolute atomic E-state index is 0.232. The molecule has 11 heavy (non-hydrogen) atoms. The zero-order valence-electron chi connectivity index (χ0n) is 6.22. The molecular formula is C7H9N3O. The number of nitrogens with zero attached hydrogens (tertiary/aromatic N) is 1. The Balaban J connectivity index is 3.20. The Morgan fingerprint density at radius 3 is 3.09 bits per heavy atom. The van der Waals surface area contributed by atoms with Gasteiger partial charge in [-0.1, -0.05) is 6.58 Å². The number of hydrogen-bond donors (Lipinski definition) is 2. The number of rotatable bonds is 2. The highest BCUT2D eigenvalue weighted by molar-refractivity contribution is 5.48. The van der Waals surface area contributed by atoms with E-state index in [0.29, 0.717) is 5.69 Å². The molecule has 0 amide bonds. The van der Waals surface area contributed by atoms with E-state index in [1.54, 1.807) is 13.1 Å². The van der Waals surface area contributed by atoms with E-state index in [0.717, 1.165) is 5.56 Å². The second kappa shape index (κ2) is 3.01. The summed E-state index contributed by atoms with van der Waals surface area (Å²) < 4.78 is 0. The van der Waals surface area contributed by atoms with Crippen molar-refractivity contribution in [3.63, 3.8) is 0 Å². The van der Waals surface area contributed by atoms with Crippen molar-refractivity contribution in [3.05, 3.63) is 34.9 Å². The Hall–Kier alpha value is -1.58. The van der Waals surface area contributed by atoms with Crippen molar-refractivity contribution in [1.29, 1.82) is 0 Å². The van der Waals surface area contributed by atoms with E-state index < -0.39 is 0 Å². The lowest BCUT2D eigenvalue weighted by Crippen LogP contribution is -2.13. The van der Waals surface area contributed by atoms with Crippen molar-refractivity contribution >= 4 is 5.69 Å². The summed E-state index contributed by atoms with van der Waals surface area (Å²) >= 11 is 0. The first-order chi connectivity index (χ1) is 5.25. The molecule has 4 nitrogen and oxygen atoms in total. The molecule has 2 N–H and O–H groups in total. The number of aromatic nitrogens is 2. The summed E-state index contributed by atoms with van der Waals surface area (Å²) in [6, 6.07) is 0. The fraction of sp³-hybridized carbons (Fsp3) is 0.143. The van der Waals surface area contributed by atoms with Crippen molar-refractivity contribution in [3.8, 4) is 0 Å². The van der Waals surface area contributed by atoms with Crippen LogP contribution in [0, 0.1) is 6.92 Å². The zero-order valence-corrected chi connectivity index (χ0v) is 6.22. The highest BCUT2D eigenvalue weighted by Gasteiger charge is 1.99. The van der Waals surface area contributed by atoms with Crippen LogP contribution >= 0.6 is 0 Å². The number of nitrogens with one attached hydrogen (secondary N) is 2. The quantitative estimate of drug-likeness (QED) is 0.651. The van der Waals surface area contributed by atoms with E-state index in [1.807, 2.05) is 0 Å². The molecule has 0 atom stereocenters. The van der Waals surface area contributed by atoms with Crippen LogP contribution in [0.15, 0.2) is 23.8 Å². The van der Waals surface area contributed by atoms with Gasteiger partial charge in [-0.15, -0.1) is 0 Å². The second-order valence-electron chi connectivity index (χ2n) is 2.11. The van der Waals surface area contributed by atoms with Crippen LogP contribution < -0.4 is 10.9 Å². The highest BCUT2D eigenvalue weighted by Crippen LogP contribution is 2.03. The fourth-order valence-corrected chi connectivity index (χ4v) is 0.769. The van der Waals surface area contributed by atoms with Gasteiger partial charge >= 0.3 is 0 Å². The van der Waals surface area contributed by atoms with E-state index >= 15 is 0 Å². The molecule has 1 aromatic heterocycles. The third kappa shape index (κ3) is 1.46. The van der Waals surface area contributed by atoms with Crippen molar-refractivity contribution in [2.75, 3.05) is 5.32 Å². The Morgan fingerprint density at radius 2 is 2.55 bits per heavy atom. The topological polar surface area (TPSA) is 57.8 Å². The predicted molar refractivity (Wildman–Crippen MR) is 43.4 cm³/mol. The van der Waals surface area contributed by atoms with Gasteiger partial charge in [0.2, 0.25) is 0 Å². The summed E-state index contributed by atoms with van der Waals surface area (Å²) in [5.41, 5.74) is 1.06. The molecule has 0 spiro atoms. The average Bonchev–Trinajstić information content (AvgIpc) is 1.97. The van der Waals surface area contributed by atoms with E-state index in [-0.39, 0.29) is 5.56 Å². The molecule has 0 aromatic carbocycles. The van der Waals surface area contributed by atoms with Gasteiger partial charge < -0.3 is 5.32 Å². The molecule has 0 saturated heterocycles. The number of H-pyrrole nitrogens is 1. The third-order valence-electron chi connectivity index (χ3n) is 1.29. The molecule has 0 aliphatic rings. The summed E-state index contributed by atoms with van der Waals surface area (Å²) in [7, 11) is 0. The van der Waals surface area contributed by atoms with Crippen LogP contribution in [-0.4, -0.2) is 10.2 Å². The molecule has 1 aromatic rings. The number of hydrogen-bond acceptors (Lipinski definition) is 3. The SMILES string of the molecule is C=CNc1c(C)cn[nH]c1=O. The molecule has 0 unspecified atom stereocenters. The zero-order chi connectivity index (χ0) is 8.27. The number of anilines is 1. The molecule has 0 aliphatic carbocycles. The van der Waals surface area contributed by atoms with Crippen LogP contribution in [0.25, 0.3) is 0 Å². The molecule has 1 rings (SSSR count). The number of aromatic amines is 1. The van der Waals surface area contributed by atoms with Crippen molar-refractivity contribution < 1.29 is 0 Å². The first kappa shape index (κ1) is 7.53. The van der Waals surface area contributed by atoms with Gasteiger partial charge in [0.25, 0.3) is 5.56 Å². The van der Waals surface area contributed by atoms with Gasteiger partial charge in [-0.05, 0) is 18.7 Å². The molecule has 58 valence electrons. The van der Waals surface area contributed by atoms with Crippen LogP contribution in [0.3, 0.4) is 0 Å². The van der Waals surface area contributed by atoms with Crippen LogP contribution in [0.5, 0.6) is 0 Å². The maximum atomic E-state index is 11.0. The van der Waals surface area contributed by atoms with E-state index in [9.17, 15) is 4.79 Å². The molecule has 0 bridgehead atoms. The normalized spacial score (nSPS) is 9.18. The molecular weight excluding hydrogens is 142 g/mol. The third-order valence-corrected chi connectivity index (χ3v) is 1.29. The maximum Gasteiger partial charge on any atom is 0.288 e. The van der Waals surface area contributed by atoms with Gasteiger partial charge in [0.1, 0.15) is 5.69 Å². The summed E-state index contributed by atoms with van der Waals surface area (Å²) in [5, 5.41) is 8.65. The molecule has 0 saturated carbocycles. The van der Waals surface area contributed by atoms with Gasteiger partial charge in [-0.25, -0.2) is 5.10 Å². The van der Waals surface area contributed by atoms with Crippen LogP contribution in [0.2, 0.25) is 0 Å². The van der Waals surface area contributed by atoms with Crippen LogP contribution in [-0.2, 0) is 0 Å². The smallest absolute Gasteiger partial charge is 0.288 e. The summed E-state index contributed by atoms with van der Waals surface area (Å²) in [4.78, 5) is 11.0. The lowest BCUT2D eigenvalue weighted by atomic mass is 10.3. The molecule has 4 heteroatoms. The highest BCUT2D eigenvalue weighted by atomic mass is 16.1. The molecule has 0 aliphatic heterocycles. The van der Waals surface area contributed by atoms with Gasteiger partial charge in [0.15, 0.2) is 0 Å². The van der Waals surface area contributed by atoms with Gasteiger partial charge in [0.05, 0.1) is 6.20 Å². The second-order valence-corrected chi connectivity index (χ2v) is 2.11. The van der Waals surface area contributed by atoms with Gasteiger partial charge in [-0.2, -0.15) is 5.10 Å². The summed E-state index contributed by atoms with van der Waals surface area (Å²) in [6.07, 6.45) is 3.03. The Morgan fingerprint density at radius 1 is 1.82 bits per heavy atom. The standard InChI is InChI=1S/C7H9N3O/c1-3-8-6-5(2)4-9-10-7(6)11/h3-4H,1H2,2H3,(H,8,9)(H,10,11). The van der Waals surface area contributed by atoms with Crippen molar-refractivity contribution in [1.82, 2.24) is 10.2 Å². The predicted octanol–water partition coefficient (Wildman–Crippen LogP) is 0.634. The van der Waals surface area contributed by atoms with E-state index in [1.165, 1.54) is 6.20 Å². The van der Waals surface area contributed by atoms with Crippen molar-refractivity contribution in [2.45, 2.75) is 6.92 Å². The maximum absolute atomic E-state index is 11.0.